The number of nitrogens with one attached hydrogen (secondary N) is 1. The van der Waals surface area contributed by atoms with Gasteiger partial charge < -0.3 is 9.80 Å². The maximum absolute atomic E-state index is 12.2. The van der Waals surface area contributed by atoms with Gasteiger partial charge in [0.1, 0.15) is 0 Å². The molecular weight excluding hydrogens is 295 g/mol. The number of carbonyl (C=O) groups is 1. The molecule has 3 nitrogen and oxygen atoms in total. The van der Waals surface area contributed by atoms with Crippen molar-refractivity contribution in [2.45, 2.75) is 31.7 Å². The van der Waals surface area contributed by atoms with Gasteiger partial charge in [-0.1, -0.05) is 23.2 Å². The zero-order valence-electron chi connectivity index (χ0n) is 12.0. The molecule has 1 N–H and O–H groups in total. The summed E-state index contributed by atoms with van der Waals surface area (Å²) >= 11 is 11.8. The van der Waals surface area contributed by atoms with Crippen LogP contribution in [0.3, 0.4) is 0 Å². The molecule has 0 radical (unpaired) electrons. The van der Waals surface area contributed by atoms with Crippen LogP contribution in [0.2, 0.25) is 10.0 Å². The van der Waals surface area contributed by atoms with E-state index in [-0.39, 0.29) is 5.91 Å². The second-order valence-electron chi connectivity index (χ2n) is 6.05. The van der Waals surface area contributed by atoms with Crippen molar-refractivity contribution in [2.24, 2.45) is 0 Å². The van der Waals surface area contributed by atoms with E-state index >= 15 is 0 Å². The maximum atomic E-state index is 12.2. The van der Waals surface area contributed by atoms with Crippen LogP contribution in [0.4, 0.5) is 5.69 Å². The molecule has 5 heteroatoms. The van der Waals surface area contributed by atoms with Gasteiger partial charge in [0, 0.05) is 5.69 Å². The first-order valence-electron chi connectivity index (χ1n) is 6.96. The second kappa shape index (κ2) is 6.33. The van der Waals surface area contributed by atoms with E-state index in [2.05, 4.69) is 19.4 Å². The van der Waals surface area contributed by atoms with Crippen molar-refractivity contribution in [1.29, 1.82) is 0 Å². The lowest BCUT2D eigenvalue weighted by Gasteiger charge is -2.35. The molecule has 0 aromatic heterocycles. The van der Waals surface area contributed by atoms with Gasteiger partial charge in [-0.3, -0.25) is 4.79 Å². The molecule has 1 aliphatic rings. The Labute approximate surface area is 130 Å². The monoisotopic (exact) mass is 315 g/mol. The van der Waals surface area contributed by atoms with Crippen LogP contribution in [-0.4, -0.2) is 37.1 Å². The Morgan fingerprint density at radius 2 is 1.90 bits per heavy atom. The van der Waals surface area contributed by atoms with Gasteiger partial charge in [0.05, 0.1) is 30.2 Å². The molecule has 1 aromatic carbocycles. The van der Waals surface area contributed by atoms with Gasteiger partial charge in [-0.25, -0.2) is 0 Å². The fraction of sp³-hybridized carbons (Fsp3) is 0.533. The normalized spacial score (nSPS) is 16.4. The number of hydrogen-bond donors (Lipinski definition) is 1. The Bertz CT molecular complexity index is 497. The summed E-state index contributed by atoms with van der Waals surface area (Å²) in [5, 5.41) is 3.84. The lowest BCUT2D eigenvalue weighted by atomic mass is 10.2. The average molecular weight is 316 g/mol. The number of anilines is 1. The summed E-state index contributed by atoms with van der Waals surface area (Å²) in [7, 11) is 4.26. The number of likely N-dealkylation sites (N-methyl/N-ethyl adjacent to an activating group) is 1. The van der Waals surface area contributed by atoms with E-state index in [1.165, 1.54) is 25.7 Å². The molecule has 0 heterocycles. The van der Waals surface area contributed by atoms with Gasteiger partial charge in [-0.15, -0.1) is 0 Å². The summed E-state index contributed by atoms with van der Waals surface area (Å²) in [4.78, 5) is 12.2. The van der Waals surface area contributed by atoms with Crippen LogP contribution in [0.15, 0.2) is 18.2 Å². The van der Waals surface area contributed by atoms with Crippen LogP contribution in [0.25, 0.3) is 0 Å². The van der Waals surface area contributed by atoms with E-state index in [1.807, 2.05) is 0 Å². The molecule has 1 aromatic rings. The number of benzene rings is 1. The highest BCUT2D eigenvalue weighted by Gasteiger charge is 2.32. The van der Waals surface area contributed by atoms with Gasteiger partial charge >= 0.3 is 0 Å². The van der Waals surface area contributed by atoms with Crippen molar-refractivity contribution >= 4 is 34.8 Å². The zero-order valence-corrected chi connectivity index (χ0v) is 13.5. The summed E-state index contributed by atoms with van der Waals surface area (Å²) in [5.74, 6) is 0.0142. The summed E-state index contributed by atoms with van der Waals surface area (Å²) in [6.45, 7) is 0.477. The lowest BCUT2D eigenvalue weighted by Crippen LogP contribution is -2.51. The Morgan fingerprint density at radius 3 is 2.50 bits per heavy atom. The van der Waals surface area contributed by atoms with Crippen LogP contribution >= 0.6 is 23.2 Å². The first-order chi connectivity index (χ1) is 9.38. The van der Waals surface area contributed by atoms with Crippen LogP contribution in [-0.2, 0) is 4.79 Å². The third-order valence-corrected chi connectivity index (χ3v) is 4.81. The number of quaternary nitrogens is 1. The molecule has 20 heavy (non-hydrogen) atoms. The van der Waals surface area contributed by atoms with Gasteiger partial charge in [0.2, 0.25) is 0 Å². The predicted octanol–water partition coefficient (Wildman–Crippen LogP) is 3.95. The van der Waals surface area contributed by atoms with Gasteiger partial charge in [-0.2, -0.15) is 0 Å². The first kappa shape index (κ1) is 15.6. The quantitative estimate of drug-likeness (QED) is 0.837. The standard InChI is InChI=1S/C15H20Cl2N2O/c1-19(2,12-5-3-4-6-12)10-15(20)18-11-7-8-13(16)14(17)9-11/h7-9,12H,3-6,10H2,1-2H3/p+1. The van der Waals surface area contributed by atoms with Crippen molar-refractivity contribution in [1.82, 2.24) is 0 Å². The zero-order chi connectivity index (χ0) is 14.8. The van der Waals surface area contributed by atoms with Crippen molar-refractivity contribution in [3.63, 3.8) is 0 Å². The van der Waals surface area contributed by atoms with Crippen LogP contribution in [0.5, 0.6) is 0 Å². The number of rotatable bonds is 4. The smallest absolute Gasteiger partial charge is 0.279 e. The predicted molar refractivity (Wildman–Crippen MR) is 84.3 cm³/mol. The lowest BCUT2D eigenvalue weighted by molar-refractivity contribution is -0.906. The summed E-state index contributed by atoms with van der Waals surface area (Å²) in [6, 6.07) is 5.73. The minimum Gasteiger partial charge on any atom is -0.321 e. The summed E-state index contributed by atoms with van der Waals surface area (Å²) in [5.41, 5.74) is 0.691. The average Bonchev–Trinajstić information content (AvgIpc) is 2.87. The topological polar surface area (TPSA) is 29.1 Å². The fourth-order valence-corrected chi connectivity index (χ4v) is 3.17. The minimum absolute atomic E-state index is 0.0142. The summed E-state index contributed by atoms with van der Waals surface area (Å²) < 4.78 is 0.743. The van der Waals surface area contributed by atoms with E-state index in [1.54, 1.807) is 18.2 Å². The number of amides is 1. The molecule has 0 bridgehead atoms. The molecule has 0 unspecified atom stereocenters. The molecule has 1 saturated carbocycles. The number of hydrogen-bond acceptors (Lipinski definition) is 1. The molecule has 1 aliphatic carbocycles. The van der Waals surface area contributed by atoms with Crippen molar-refractivity contribution in [2.75, 3.05) is 26.0 Å². The van der Waals surface area contributed by atoms with Crippen LogP contribution in [0, 0.1) is 0 Å². The molecule has 1 fully saturated rings. The molecular formula is C15H21Cl2N2O+. The minimum atomic E-state index is 0.0142. The third kappa shape index (κ3) is 3.87. The van der Waals surface area contributed by atoms with E-state index < -0.39 is 0 Å². The number of carbonyl (C=O) groups excluding carboxylic acids is 1. The van der Waals surface area contributed by atoms with E-state index in [0.29, 0.717) is 28.3 Å². The Balaban J connectivity index is 1.96. The molecule has 1 amide bonds. The van der Waals surface area contributed by atoms with Gasteiger partial charge in [-0.05, 0) is 43.9 Å². The Kier molecular flexibility index (Phi) is 4.95. The van der Waals surface area contributed by atoms with E-state index in [0.717, 1.165) is 4.48 Å². The highest BCUT2D eigenvalue weighted by atomic mass is 35.5. The fourth-order valence-electron chi connectivity index (χ4n) is 2.88. The third-order valence-electron chi connectivity index (χ3n) is 4.07. The first-order valence-corrected chi connectivity index (χ1v) is 7.71. The van der Waals surface area contributed by atoms with Gasteiger partial charge in [0.25, 0.3) is 5.91 Å². The van der Waals surface area contributed by atoms with Crippen molar-refractivity contribution < 1.29 is 9.28 Å². The van der Waals surface area contributed by atoms with Crippen molar-refractivity contribution in [3.8, 4) is 0 Å². The largest absolute Gasteiger partial charge is 0.321 e. The van der Waals surface area contributed by atoms with Crippen molar-refractivity contribution in [3.05, 3.63) is 28.2 Å². The molecule has 0 spiro atoms. The van der Waals surface area contributed by atoms with Gasteiger partial charge in [0.15, 0.2) is 6.54 Å². The molecule has 0 saturated heterocycles. The second-order valence-corrected chi connectivity index (χ2v) is 6.87. The Hall–Kier alpha value is -0.770. The SMILES string of the molecule is C[N+](C)(CC(=O)Nc1ccc(Cl)c(Cl)c1)C1CCCC1. The highest BCUT2D eigenvalue weighted by molar-refractivity contribution is 6.42. The van der Waals surface area contributed by atoms with Crippen LogP contribution in [0.1, 0.15) is 25.7 Å². The van der Waals surface area contributed by atoms with E-state index in [4.69, 9.17) is 23.2 Å². The Morgan fingerprint density at radius 1 is 1.25 bits per heavy atom. The number of halogens is 2. The molecule has 0 aliphatic heterocycles. The molecule has 0 atom stereocenters. The van der Waals surface area contributed by atoms with Crippen LogP contribution < -0.4 is 5.32 Å². The highest BCUT2D eigenvalue weighted by Crippen LogP contribution is 2.27. The summed E-state index contributed by atoms with van der Waals surface area (Å²) in [6.07, 6.45) is 4.99. The number of nitrogens with zero attached hydrogens (tertiary/aromatic N) is 1. The molecule has 110 valence electrons. The molecule has 2 rings (SSSR count). The van der Waals surface area contributed by atoms with E-state index in [9.17, 15) is 4.79 Å². The maximum Gasteiger partial charge on any atom is 0.279 e.